The minimum absolute atomic E-state index is 0.108. The second-order valence-corrected chi connectivity index (χ2v) is 8.23. The Morgan fingerprint density at radius 3 is 2.82 bits per heavy atom. The van der Waals surface area contributed by atoms with Gasteiger partial charge in [-0.25, -0.2) is 0 Å². The Balaban J connectivity index is 1.81. The van der Waals surface area contributed by atoms with E-state index in [0.29, 0.717) is 30.0 Å². The molecular weight excluding hydrogens is 272 g/mol. The molecule has 0 aromatic rings. The van der Waals surface area contributed by atoms with Crippen molar-refractivity contribution < 1.29 is 9.90 Å². The van der Waals surface area contributed by atoms with Crippen molar-refractivity contribution in [3.8, 4) is 0 Å². The van der Waals surface area contributed by atoms with Gasteiger partial charge in [-0.3, -0.25) is 4.79 Å². The molecule has 2 nitrogen and oxygen atoms in total. The monoisotopic (exact) mass is 300 g/mol. The summed E-state index contributed by atoms with van der Waals surface area (Å²) in [6.45, 7) is 4.64. The van der Waals surface area contributed by atoms with Gasteiger partial charge in [0.15, 0.2) is 5.78 Å². The van der Waals surface area contributed by atoms with Crippen LogP contribution in [-0.4, -0.2) is 17.0 Å². The van der Waals surface area contributed by atoms with Crippen LogP contribution >= 0.6 is 0 Å². The van der Waals surface area contributed by atoms with Gasteiger partial charge in [0.25, 0.3) is 0 Å². The number of aliphatic hydroxyl groups is 1. The summed E-state index contributed by atoms with van der Waals surface area (Å²) in [4.78, 5) is 11.8. The highest BCUT2D eigenvalue weighted by Gasteiger charge is 2.55. The van der Waals surface area contributed by atoms with Gasteiger partial charge in [0.2, 0.25) is 0 Å². The Morgan fingerprint density at radius 1 is 1.23 bits per heavy atom. The van der Waals surface area contributed by atoms with Gasteiger partial charge in [-0.15, -0.1) is 0 Å². The molecule has 2 saturated carbocycles. The minimum Gasteiger partial charge on any atom is -0.393 e. The van der Waals surface area contributed by atoms with E-state index in [1.807, 2.05) is 6.08 Å². The molecule has 0 spiro atoms. The molecule has 0 aromatic carbocycles. The molecule has 2 heteroatoms. The van der Waals surface area contributed by atoms with Gasteiger partial charge >= 0.3 is 0 Å². The maximum absolute atomic E-state index is 11.8. The maximum atomic E-state index is 11.8. The van der Waals surface area contributed by atoms with Crippen LogP contribution in [0.4, 0.5) is 0 Å². The van der Waals surface area contributed by atoms with Crippen molar-refractivity contribution in [2.45, 2.75) is 71.3 Å². The van der Waals surface area contributed by atoms with Crippen LogP contribution in [0, 0.1) is 23.2 Å². The van der Waals surface area contributed by atoms with E-state index in [2.05, 4.69) is 13.8 Å². The highest BCUT2D eigenvalue weighted by molar-refractivity contribution is 5.93. The van der Waals surface area contributed by atoms with Gasteiger partial charge < -0.3 is 5.11 Å². The zero-order valence-electron chi connectivity index (χ0n) is 13.9. The fourth-order valence-corrected chi connectivity index (χ4v) is 6.17. The summed E-state index contributed by atoms with van der Waals surface area (Å²) < 4.78 is 0. The number of hydrogen-bond acceptors (Lipinski definition) is 2. The standard InChI is InChI=1S/C20H28O2/c1-3-12-11-20(2)17(8-9-18(20)22)16-6-4-13-10-14(21)5-7-15(13)19(12)16/h10,12,16-18,22H,3-9,11H2,1-2H3/t12-,16?,17?,18?,20?/m0/s1. The first-order chi connectivity index (χ1) is 10.5. The zero-order chi connectivity index (χ0) is 15.5. The molecule has 4 aliphatic rings. The van der Waals surface area contributed by atoms with Crippen molar-refractivity contribution in [1.29, 1.82) is 0 Å². The van der Waals surface area contributed by atoms with E-state index in [4.69, 9.17) is 0 Å². The van der Waals surface area contributed by atoms with E-state index in [0.717, 1.165) is 25.7 Å². The van der Waals surface area contributed by atoms with Gasteiger partial charge in [-0.05, 0) is 85.3 Å². The second-order valence-electron chi connectivity index (χ2n) is 8.23. The zero-order valence-corrected chi connectivity index (χ0v) is 13.9. The third-order valence-electron chi connectivity index (χ3n) is 7.28. The Labute approximate surface area is 133 Å². The summed E-state index contributed by atoms with van der Waals surface area (Å²) in [7, 11) is 0. The number of carbonyl (C=O) groups excluding carboxylic acids is 1. The van der Waals surface area contributed by atoms with E-state index in [1.54, 1.807) is 11.1 Å². The molecule has 2 fully saturated rings. The number of ketones is 1. The molecule has 0 saturated heterocycles. The molecule has 0 aliphatic heterocycles. The number of hydrogen-bond donors (Lipinski definition) is 1. The SMILES string of the molecule is CC[C@H]1CC2(C)C(O)CCC2C2CCC3=CC(=O)CCC3=C21. The quantitative estimate of drug-likeness (QED) is 0.788. The molecular formula is C20H28O2. The van der Waals surface area contributed by atoms with Crippen LogP contribution in [0.1, 0.15) is 65.2 Å². The third-order valence-corrected chi connectivity index (χ3v) is 7.28. The average molecular weight is 300 g/mol. The van der Waals surface area contributed by atoms with Gasteiger partial charge in [0.05, 0.1) is 6.10 Å². The molecule has 0 bridgehead atoms. The lowest BCUT2D eigenvalue weighted by Crippen LogP contribution is -2.45. The van der Waals surface area contributed by atoms with Crippen molar-refractivity contribution >= 4 is 5.78 Å². The Hall–Kier alpha value is -0.890. The van der Waals surface area contributed by atoms with Crippen molar-refractivity contribution in [1.82, 2.24) is 0 Å². The van der Waals surface area contributed by atoms with Crippen LogP contribution in [0.15, 0.2) is 22.8 Å². The Bertz CT molecular complexity index is 570. The summed E-state index contributed by atoms with van der Waals surface area (Å²) in [5, 5.41) is 10.6. The predicted octanol–water partition coefficient (Wildman–Crippen LogP) is 4.19. The summed E-state index contributed by atoms with van der Waals surface area (Å²) in [6, 6.07) is 0. The molecule has 5 atom stereocenters. The molecule has 0 amide bonds. The number of carbonyl (C=O) groups is 1. The first-order valence-electron chi connectivity index (χ1n) is 9.19. The van der Waals surface area contributed by atoms with Gasteiger partial charge in [-0.1, -0.05) is 19.4 Å². The lowest BCUT2D eigenvalue weighted by molar-refractivity contribution is -0.114. The summed E-state index contributed by atoms with van der Waals surface area (Å²) >= 11 is 0. The van der Waals surface area contributed by atoms with Crippen LogP contribution in [0.3, 0.4) is 0 Å². The predicted molar refractivity (Wildman–Crippen MR) is 87.3 cm³/mol. The molecule has 4 unspecified atom stereocenters. The van der Waals surface area contributed by atoms with Crippen LogP contribution in [0.25, 0.3) is 0 Å². The van der Waals surface area contributed by atoms with E-state index < -0.39 is 0 Å². The number of fused-ring (bicyclic) bond motifs is 4. The lowest BCUT2D eigenvalue weighted by atomic mass is 9.53. The molecule has 1 N–H and O–H groups in total. The molecule has 4 aliphatic carbocycles. The molecule has 4 rings (SSSR count). The molecule has 0 heterocycles. The second kappa shape index (κ2) is 5.06. The van der Waals surface area contributed by atoms with E-state index in [9.17, 15) is 9.90 Å². The van der Waals surface area contributed by atoms with Crippen LogP contribution in [-0.2, 0) is 4.79 Å². The fourth-order valence-electron chi connectivity index (χ4n) is 6.17. The maximum Gasteiger partial charge on any atom is 0.156 e. The Morgan fingerprint density at radius 2 is 2.05 bits per heavy atom. The first kappa shape index (κ1) is 14.7. The average Bonchev–Trinajstić information content (AvgIpc) is 2.81. The number of aliphatic hydroxyl groups excluding tert-OH is 1. The topological polar surface area (TPSA) is 37.3 Å². The van der Waals surface area contributed by atoms with Gasteiger partial charge in [-0.2, -0.15) is 0 Å². The van der Waals surface area contributed by atoms with Crippen molar-refractivity contribution in [2.75, 3.05) is 0 Å². The van der Waals surface area contributed by atoms with E-state index in [1.165, 1.54) is 24.8 Å². The van der Waals surface area contributed by atoms with Crippen molar-refractivity contribution in [3.63, 3.8) is 0 Å². The summed E-state index contributed by atoms with van der Waals surface area (Å²) in [5.41, 5.74) is 4.72. The Kier molecular flexibility index (Phi) is 3.38. The van der Waals surface area contributed by atoms with Crippen LogP contribution in [0.2, 0.25) is 0 Å². The van der Waals surface area contributed by atoms with Gasteiger partial charge in [0, 0.05) is 6.42 Å². The van der Waals surface area contributed by atoms with E-state index >= 15 is 0 Å². The number of rotatable bonds is 1. The fraction of sp³-hybridized carbons (Fsp3) is 0.750. The molecule has 22 heavy (non-hydrogen) atoms. The number of allylic oxidation sites excluding steroid dienone is 4. The third kappa shape index (κ3) is 1.92. The van der Waals surface area contributed by atoms with E-state index in [-0.39, 0.29) is 11.5 Å². The first-order valence-corrected chi connectivity index (χ1v) is 9.19. The molecule has 120 valence electrons. The van der Waals surface area contributed by atoms with Gasteiger partial charge in [0.1, 0.15) is 0 Å². The van der Waals surface area contributed by atoms with Crippen LogP contribution in [0.5, 0.6) is 0 Å². The largest absolute Gasteiger partial charge is 0.393 e. The normalized spacial score (nSPS) is 44.3. The lowest BCUT2D eigenvalue weighted by Gasteiger charge is -2.51. The van der Waals surface area contributed by atoms with Crippen molar-refractivity contribution in [3.05, 3.63) is 22.8 Å². The van der Waals surface area contributed by atoms with Crippen molar-refractivity contribution in [2.24, 2.45) is 23.2 Å². The minimum atomic E-state index is -0.108. The highest BCUT2D eigenvalue weighted by atomic mass is 16.3. The summed E-state index contributed by atoms with van der Waals surface area (Å²) in [6.07, 6.45) is 10.3. The smallest absolute Gasteiger partial charge is 0.156 e. The van der Waals surface area contributed by atoms with Crippen LogP contribution < -0.4 is 0 Å². The highest BCUT2D eigenvalue weighted by Crippen LogP contribution is 2.62. The molecule has 0 aromatic heterocycles. The summed E-state index contributed by atoms with van der Waals surface area (Å²) in [5.74, 6) is 2.27. The molecule has 0 radical (unpaired) electrons.